The van der Waals surface area contributed by atoms with E-state index in [4.69, 9.17) is 0 Å². The number of anilines is 1. The molecule has 3 rings (SSSR count). The van der Waals surface area contributed by atoms with E-state index in [1.54, 1.807) is 0 Å². The minimum Gasteiger partial charge on any atom is -0.381 e. The fourth-order valence-corrected chi connectivity index (χ4v) is 3.62. The molecule has 1 N–H and O–H groups in total. The molecule has 0 aliphatic carbocycles. The molecule has 2 unspecified atom stereocenters. The molecule has 0 amide bonds. The standard InChI is InChI=1S/C19H24N2/c1-15-19(13-14-21(2)3,16-9-5-4-6-10-16)17-11-7-8-12-18(17)20-15/h4-12,15,20H,13-14H2,1-3H3. The van der Waals surface area contributed by atoms with Crippen LogP contribution in [0.1, 0.15) is 24.5 Å². The number of fused-ring (bicyclic) bond motifs is 1. The number of hydrogen-bond acceptors (Lipinski definition) is 2. The molecule has 0 saturated heterocycles. The third-order valence-corrected chi connectivity index (χ3v) is 4.76. The average Bonchev–Trinajstić information content (AvgIpc) is 2.79. The summed E-state index contributed by atoms with van der Waals surface area (Å²) in [6, 6.07) is 20.1. The topological polar surface area (TPSA) is 15.3 Å². The molecule has 1 aliphatic rings. The van der Waals surface area contributed by atoms with Crippen LogP contribution in [0.5, 0.6) is 0 Å². The van der Waals surface area contributed by atoms with Gasteiger partial charge in [-0.2, -0.15) is 0 Å². The van der Waals surface area contributed by atoms with Gasteiger partial charge in [-0.15, -0.1) is 0 Å². The molecular formula is C19H24N2. The van der Waals surface area contributed by atoms with Gasteiger partial charge < -0.3 is 10.2 Å². The lowest BCUT2D eigenvalue weighted by molar-refractivity contribution is 0.333. The first-order chi connectivity index (χ1) is 10.1. The highest BCUT2D eigenvalue weighted by Crippen LogP contribution is 2.48. The summed E-state index contributed by atoms with van der Waals surface area (Å²) < 4.78 is 0. The Bertz CT molecular complexity index is 606. The van der Waals surface area contributed by atoms with Gasteiger partial charge in [-0.1, -0.05) is 48.5 Å². The molecule has 2 aromatic rings. The van der Waals surface area contributed by atoms with Crippen LogP contribution >= 0.6 is 0 Å². The Labute approximate surface area is 127 Å². The Hall–Kier alpha value is -1.80. The van der Waals surface area contributed by atoms with Crippen molar-refractivity contribution >= 4 is 5.69 Å². The molecule has 2 aromatic carbocycles. The number of para-hydroxylation sites is 1. The third-order valence-electron chi connectivity index (χ3n) is 4.76. The van der Waals surface area contributed by atoms with Crippen molar-refractivity contribution in [3.05, 3.63) is 65.7 Å². The van der Waals surface area contributed by atoms with Gasteiger partial charge in [0.15, 0.2) is 0 Å². The minimum absolute atomic E-state index is 0.0577. The summed E-state index contributed by atoms with van der Waals surface area (Å²) >= 11 is 0. The van der Waals surface area contributed by atoms with Crippen molar-refractivity contribution in [3.8, 4) is 0 Å². The lowest BCUT2D eigenvalue weighted by Gasteiger charge is -2.36. The lowest BCUT2D eigenvalue weighted by Crippen LogP contribution is -2.40. The molecule has 0 spiro atoms. The second-order valence-electron chi connectivity index (χ2n) is 6.30. The third kappa shape index (κ3) is 2.34. The maximum absolute atomic E-state index is 3.69. The maximum Gasteiger partial charge on any atom is 0.0433 e. The van der Waals surface area contributed by atoms with Gasteiger partial charge in [0, 0.05) is 17.1 Å². The van der Waals surface area contributed by atoms with Gasteiger partial charge in [0.05, 0.1) is 0 Å². The van der Waals surface area contributed by atoms with Crippen LogP contribution in [0.25, 0.3) is 0 Å². The first-order valence-corrected chi connectivity index (χ1v) is 7.71. The van der Waals surface area contributed by atoms with Crippen molar-refractivity contribution in [2.45, 2.75) is 24.8 Å². The second-order valence-corrected chi connectivity index (χ2v) is 6.30. The molecule has 2 heteroatoms. The zero-order chi connectivity index (χ0) is 14.9. The smallest absolute Gasteiger partial charge is 0.0433 e. The van der Waals surface area contributed by atoms with Crippen LogP contribution in [0, 0.1) is 0 Å². The summed E-state index contributed by atoms with van der Waals surface area (Å²) in [4.78, 5) is 2.28. The Kier molecular flexibility index (Phi) is 3.73. The molecule has 1 heterocycles. The van der Waals surface area contributed by atoms with Crippen LogP contribution in [0.4, 0.5) is 5.69 Å². The van der Waals surface area contributed by atoms with E-state index in [-0.39, 0.29) is 5.41 Å². The minimum atomic E-state index is 0.0577. The van der Waals surface area contributed by atoms with Crippen LogP contribution in [-0.2, 0) is 5.41 Å². The van der Waals surface area contributed by atoms with Gasteiger partial charge in [0.1, 0.15) is 0 Å². The molecule has 1 aliphatic heterocycles. The van der Waals surface area contributed by atoms with Gasteiger partial charge in [-0.25, -0.2) is 0 Å². The van der Waals surface area contributed by atoms with Crippen molar-refractivity contribution in [1.82, 2.24) is 4.90 Å². The molecule has 0 saturated carbocycles. The fourth-order valence-electron chi connectivity index (χ4n) is 3.62. The van der Waals surface area contributed by atoms with E-state index in [1.165, 1.54) is 16.8 Å². The van der Waals surface area contributed by atoms with Crippen LogP contribution in [-0.4, -0.2) is 31.6 Å². The van der Waals surface area contributed by atoms with E-state index in [0.717, 1.165) is 13.0 Å². The first-order valence-electron chi connectivity index (χ1n) is 7.71. The highest BCUT2D eigenvalue weighted by molar-refractivity contribution is 5.65. The molecule has 2 atom stereocenters. The normalized spacial score (nSPS) is 23.9. The quantitative estimate of drug-likeness (QED) is 0.918. The van der Waals surface area contributed by atoms with Crippen molar-refractivity contribution in [1.29, 1.82) is 0 Å². The largest absolute Gasteiger partial charge is 0.381 e. The maximum atomic E-state index is 3.69. The van der Waals surface area contributed by atoms with Gasteiger partial charge >= 0.3 is 0 Å². The highest BCUT2D eigenvalue weighted by atomic mass is 15.1. The zero-order valence-corrected chi connectivity index (χ0v) is 13.1. The van der Waals surface area contributed by atoms with Crippen LogP contribution in [0.15, 0.2) is 54.6 Å². The summed E-state index contributed by atoms with van der Waals surface area (Å²) in [7, 11) is 4.30. The lowest BCUT2D eigenvalue weighted by atomic mass is 9.69. The van der Waals surface area contributed by atoms with Crippen LogP contribution in [0.3, 0.4) is 0 Å². The number of nitrogens with one attached hydrogen (secondary N) is 1. The van der Waals surface area contributed by atoms with E-state index in [1.807, 2.05) is 0 Å². The van der Waals surface area contributed by atoms with Crippen molar-refractivity contribution < 1.29 is 0 Å². The number of rotatable bonds is 4. The van der Waals surface area contributed by atoms with Crippen LogP contribution in [0.2, 0.25) is 0 Å². The SMILES string of the molecule is CC1Nc2ccccc2C1(CCN(C)C)c1ccccc1. The fraction of sp³-hybridized carbons (Fsp3) is 0.368. The van der Waals surface area contributed by atoms with E-state index < -0.39 is 0 Å². The van der Waals surface area contributed by atoms with E-state index in [0.29, 0.717) is 6.04 Å². The zero-order valence-electron chi connectivity index (χ0n) is 13.1. The number of hydrogen-bond donors (Lipinski definition) is 1. The summed E-state index contributed by atoms with van der Waals surface area (Å²) in [5, 5.41) is 3.69. The Morgan fingerprint density at radius 3 is 2.38 bits per heavy atom. The molecule has 0 fully saturated rings. The second kappa shape index (κ2) is 5.53. The van der Waals surface area contributed by atoms with Crippen molar-refractivity contribution in [2.24, 2.45) is 0 Å². The van der Waals surface area contributed by atoms with Crippen molar-refractivity contribution in [3.63, 3.8) is 0 Å². The summed E-state index contributed by atoms with van der Waals surface area (Å²) in [5.74, 6) is 0. The molecule has 2 nitrogen and oxygen atoms in total. The number of nitrogens with zero attached hydrogens (tertiary/aromatic N) is 1. The van der Waals surface area contributed by atoms with Crippen molar-refractivity contribution in [2.75, 3.05) is 26.0 Å². The predicted molar refractivity (Wildman–Crippen MR) is 89.9 cm³/mol. The summed E-state index contributed by atoms with van der Waals surface area (Å²) in [6.07, 6.45) is 1.12. The molecule has 0 bridgehead atoms. The molecular weight excluding hydrogens is 256 g/mol. The molecule has 21 heavy (non-hydrogen) atoms. The van der Waals surface area contributed by atoms with Gasteiger partial charge in [-0.3, -0.25) is 0 Å². The Morgan fingerprint density at radius 2 is 1.67 bits per heavy atom. The average molecular weight is 280 g/mol. The first kappa shape index (κ1) is 14.2. The summed E-state index contributed by atoms with van der Waals surface area (Å²) in [5.41, 5.74) is 4.19. The predicted octanol–water partition coefficient (Wildman–Crippen LogP) is 3.74. The number of benzene rings is 2. The molecule has 0 radical (unpaired) electrons. The van der Waals surface area contributed by atoms with E-state index in [2.05, 4.69) is 85.8 Å². The van der Waals surface area contributed by atoms with Gasteiger partial charge in [-0.05, 0) is 51.2 Å². The molecule has 110 valence electrons. The van der Waals surface area contributed by atoms with Gasteiger partial charge in [0.25, 0.3) is 0 Å². The van der Waals surface area contributed by atoms with E-state index >= 15 is 0 Å². The monoisotopic (exact) mass is 280 g/mol. The highest BCUT2D eigenvalue weighted by Gasteiger charge is 2.45. The Balaban J connectivity index is 2.13. The summed E-state index contributed by atoms with van der Waals surface area (Å²) in [6.45, 7) is 3.39. The van der Waals surface area contributed by atoms with Crippen LogP contribution < -0.4 is 5.32 Å². The van der Waals surface area contributed by atoms with E-state index in [9.17, 15) is 0 Å². The molecule has 0 aromatic heterocycles. The van der Waals surface area contributed by atoms with Gasteiger partial charge in [0.2, 0.25) is 0 Å². The Morgan fingerprint density at radius 1 is 1.00 bits per heavy atom.